The summed E-state index contributed by atoms with van der Waals surface area (Å²) < 4.78 is 25.7. The molecule has 1 aromatic carbocycles. The zero-order chi connectivity index (χ0) is 14.0. The first kappa shape index (κ1) is 13.8. The number of carboxylic acids is 1. The number of carboxylic acid groups (broad SMARTS) is 1. The van der Waals surface area contributed by atoms with E-state index in [1.807, 2.05) is 0 Å². The molecule has 1 saturated carbocycles. The van der Waals surface area contributed by atoms with Crippen LogP contribution in [0.25, 0.3) is 0 Å². The van der Waals surface area contributed by atoms with Crippen molar-refractivity contribution in [2.75, 3.05) is 0 Å². The normalized spacial score (nSPS) is 17.1. The molecule has 0 aromatic heterocycles. The Bertz CT molecular complexity index is 562. The number of hydrogen-bond donors (Lipinski definition) is 3. The van der Waals surface area contributed by atoms with Gasteiger partial charge in [-0.25, -0.2) is 13.1 Å². The van der Waals surface area contributed by atoms with Gasteiger partial charge in [-0.15, -0.1) is 0 Å². The summed E-state index contributed by atoms with van der Waals surface area (Å²) in [4.78, 5) is 11.1. The van der Waals surface area contributed by atoms with Crippen LogP contribution in [0.2, 0.25) is 0 Å². The number of carbonyl (C=O) groups is 1. The molecule has 0 bridgehead atoms. The smallest absolute Gasteiger partial charge is 0.322 e. The molecule has 0 unspecified atom stereocenters. The zero-order valence-electron chi connectivity index (χ0n) is 10.1. The minimum Gasteiger partial charge on any atom is -0.508 e. The summed E-state index contributed by atoms with van der Waals surface area (Å²) in [5.41, 5.74) is 0.642. The average Bonchev–Trinajstić information content (AvgIpc) is 3.15. The van der Waals surface area contributed by atoms with E-state index in [-0.39, 0.29) is 12.2 Å². The van der Waals surface area contributed by atoms with E-state index in [0.29, 0.717) is 18.4 Å². The number of benzene rings is 1. The monoisotopic (exact) mass is 285 g/mol. The highest BCUT2D eigenvalue weighted by Gasteiger charge is 2.38. The van der Waals surface area contributed by atoms with Crippen molar-refractivity contribution >= 4 is 16.0 Å². The van der Waals surface area contributed by atoms with Crippen LogP contribution in [0, 0.1) is 0 Å². The first-order valence-corrected chi connectivity index (χ1v) is 7.45. The van der Waals surface area contributed by atoms with E-state index in [4.69, 9.17) is 10.2 Å². The van der Waals surface area contributed by atoms with E-state index in [0.717, 1.165) is 0 Å². The number of nitrogens with one attached hydrogen (secondary N) is 1. The van der Waals surface area contributed by atoms with Crippen LogP contribution in [0.15, 0.2) is 24.3 Å². The van der Waals surface area contributed by atoms with Crippen molar-refractivity contribution in [2.45, 2.75) is 30.6 Å². The summed E-state index contributed by atoms with van der Waals surface area (Å²) in [5.74, 6) is -1.13. The second kappa shape index (κ2) is 5.18. The minimum atomic E-state index is -3.54. The third kappa shape index (κ3) is 3.68. The fourth-order valence-electron chi connectivity index (χ4n) is 1.72. The molecule has 19 heavy (non-hydrogen) atoms. The summed E-state index contributed by atoms with van der Waals surface area (Å²) in [7, 11) is -3.54. The van der Waals surface area contributed by atoms with Crippen LogP contribution in [0.3, 0.4) is 0 Å². The molecule has 1 atom stereocenters. The number of aliphatic carboxylic acids is 1. The van der Waals surface area contributed by atoms with Crippen molar-refractivity contribution in [3.05, 3.63) is 29.8 Å². The number of phenols is 1. The highest BCUT2D eigenvalue weighted by atomic mass is 32.2. The Balaban J connectivity index is 2.08. The molecule has 1 aliphatic carbocycles. The van der Waals surface area contributed by atoms with E-state index in [1.165, 1.54) is 12.1 Å². The molecule has 6 nitrogen and oxygen atoms in total. The van der Waals surface area contributed by atoms with E-state index >= 15 is 0 Å². The maximum Gasteiger partial charge on any atom is 0.322 e. The van der Waals surface area contributed by atoms with Gasteiger partial charge in [0.1, 0.15) is 11.8 Å². The Kier molecular flexibility index (Phi) is 3.77. The Morgan fingerprint density at radius 2 is 1.89 bits per heavy atom. The SMILES string of the molecule is O=C(O)[C@H](Cc1ccc(O)cc1)NS(=O)(=O)C1CC1. The number of rotatable bonds is 6. The van der Waals surface area contributed by atoms with Gasteiger partial charge in [0.25, 0.3) is 0 Å². The lowest BCUT2D eigenvalue weighted by atomic mass is 10.1. The van der Waals surface area contributed by atoms with Gasteiger partial charge in [0, 0.05) is 0 Å². The lowest BCUT2D eigenvalue weighted by Crippen LogP contribution is -2.43. The van der Waals surface area contributed by atoms with Gasteiger partial charge in [-0.2, -0.15) is 0 Å². The highest BCUT2D eigenvalue weighted by Crippen LogP contribution is 2.27. The van der Waals surface area contributed by atoms with Gasteiger partial charge in [-0.05, 0) is 37.0 Å². The third-order valence-electron chi connectivity index (χ3n) is 2.94. The molecular weight excluding hydrogens is 270 g/mol. The topological polar surface area (TPSA) is 104 Å². The zero-order valence-corrected chi connectivity index (χ0v) is 10.9. The molecule has 1 aromatic rings. The predicted molar refractivity (Wildman–Crippen MR) is 68.3 cm³/mol. The lowest BCUT2D eigenvalue weighted by Gasteiger charge is -2.14. The van der Waals surface area contributed by atoms with Crippen LogP contribution in [0.4, 0.5) is 0 Å². The van der Waals surface area contributed by atoms with E-state index in [2.05, 4.69) is 4.72 Å². The standard InChI is InChI=1S/C12H15NO5S/c14-9-3-1-8(2-4-9)7-11(12(15)16)13-19(17,18)10-5-6-10/h1-4,10-11,13-14H,5-7H2,(H,15,16)/t11-/m0/s1. The summed E-state index contributed by atoms with van der Waals surface area (Å²) in [6.07, 6.45) is 1.21. The van der Waals surface area contributed by atoms with Crippen LogP contribution in [0.5, 0.6) is 5.75 Å². The molecule has 0 spiro atoms. The molecule has 0 amide bonds. The van der Waals surface area contributed by atoms with Gasteiger partial charge in [-0.3, -0.25) is 4.79 Å². The molecular formula is C12H15NO5S. The van der Waals surface area contributed by atoms with Gasteiger partial charge < -0.3 is 10.2 Å². The van der Waals surface area contributed by atoms with Crippen molar-refractivity contribution < 1.29 is 23.4 Å². The predicted octanol–water partition coefficient (Wildman–Crippen LogP) is 0.470. The number of sulfonamides is 1. The fourth-order valence-corrected chi connectivity index (χ4v) is 3.25. The van der Waals surface area contributed by atoms with Crippen LogP contribution >= 0.6 is 0 Å². The quantitative estimate of drug-likeness (QED) is 0.705. The molecule has 104 valence electrons. The highest BCUT2D eigenvalue weighted by molar-refractivity contribution is 7.90. The van der Waals surface area contributed by atoms with E-state index < -0.39 is 27.3 Å². The largest absolute Gasteiger partial charge is 0.508 e. The molecule has 1 aliphatic rings. The molecule has 3 N–H and O–H groups in total. The van der Waals surface area contributed by atoms with Crippen molar-refractivity contribution in [1.82, 2.24) is 4.72 Å². The lowest BCUT2D eigenvalue weighted by molar-refractivity contribution is -0.138. The molecule has 0 aliphatic heterocycles. The van der Waals surface area contributed by atoms with Crippen molar-refractivity contribution in [2.24, 2.45) is 0 Å². The van der Waals surface area contributed by atoms with Crippen molar-refractivity contribution in [1.29, 1.82) is 0 Å². The van der Waals surface area contributed by atoms with Crippen molar-refractivity contribution in [3.8, 4) is 5.75 Å². The van der Waals surface area contributed by atoms with Gasteiger partial charge >= 0.3 is 5.97 Å². The second-order valence-electron chi connectivity index (χ2n) is 4.62. The molecule has 1 fully saturated rings. The number of hydrogen-bond acceptors (Lipinski definition) is 4. The van der Waals surface area contributed by atoms with Gasteiger partial charge in [0.15, 0.2) is 0 Å². The fraction of sp³-hybridized carbons (Fsp3) is 0.417. The van der Waals surface area contributed by atoms with Crippen molar-refractivity contribution in [3.63, 3.8) is 0 Å². The van der Waals surface area contributed by atoms with Gasteiger partial charge in [0.2, 0.25) is 10.0 Å². The molecule has 0 radical (unpaired) electrons. The molecule has 0 saturated heterocycles. The molecule has 7 heteroatoms. The summed E-state index contributed by atoms with van der Waals surface area (Å²) >= 11 is 0. The van der Waals surface area contributed by atoms with Crippen LogP contribution in [-0.2, 0) is 21.2 Å². The molecule has 0 heterocycles. The van der Waals surface area contributed by atoms with E-state index in [1.54, 1.807) is 12.1 Å². The molecule has 2 rings (SSSR count). The Labute approximate surface area is 111 Å². The van der Waals surface area contributed by atoms with Gasteiger partial charge in [0.05, 0.1) is 5.25 Å². The Hall–Kier alpha value is -1.60. The maximum atomic E-state index is 11.7. The first-order chi connectivity index (χ1) is 8.88. The summed E-state index contributed by atoms with van der Waals surface area (Å²) in [5, 5.41) is 17.8. The number of phenolic OH excluding ortho intramolecular Hbond substituents is 1. The van der Waals surface area contributed by atoms with Crippen LogP contribution < -0.4 is 4.72 Å². The maximum absolute atomic E-state index is 11.7. The van der Waals surface area contributed by atoms with Gasteiger partial charge in [-0.1, -0.05) is 12.1 Å². The minimum absolute atomic E-state index is 0.0432. The summed E-state index contributed by atoms with van der Waals surface area (Å²) in [6, 6.07) is 4.82. The Morgan fingerprint density at radius 3 is 2.37 bits per heavy atom. The number of aromatic hydroxyl groups is 1. The van der Waals surface area contributed by atoms with E-state index in [9.17, 15) is 13.2 Å². The second-order valence-corrected chi connectivity index (χ2v) is 6.62. The van der Waals surface area contributed by atoms with Crippen LogP contribution in [0.1, 0.15) is 18.4 Å². The Morgan fingerprint density at radius 1 is 1.32 bits per heavy atom. The third-order valence-corrected chi connectivity index (χ3v) is 4.91. The summed E-state index contributed by atoms with van der Waals surface area (Å²) in [6.45, 7) is 0. The van der Waals surface area contributed by atoms with Crippen LogP contribution in [-0.4, -0.2) is 35.9 Å². The average molecular weight is 285 g/mol. The first-order valence-electron chi connectivity index (χ1n) is 5.90.